The number of aryl methyl sites for hydroxylation is 2. The predicted octanol–water partition coefficient (Wildman–Crippen LogP) is 3.31. The lowest BCUT2D eigenvalue weighted by atomic mass is 10.1. The Morgan fingerprint density at radius 3 is 2.75 bits per heavy atom. The van der Waals surface area contributed by atoms with Gasteiger partial charge in [0.25, 0.3) is 0 Å². The van der Waals surface area contributed by atoms with Crippen LogP contribution < -0.4 is 4.74 Å². The molecule has 0 atom stereocenters. The van der Waals surface area contributed by atoms with Gasteiger partial charge < -0.3 is 9.53 Å². The van der Waals surface area contributed by atoms with Crippen molar-refractivity contribution in [2.45, 2.75) is 40.0 Å². The molecule has 0 spiro atoms. The number of carbonyl (C=O) groups excluding carboxylic acids is 1. The van der Waals surface area contributed by atoms with Crippen LogP contribution in [-0.4, -0.2) is 12.4 Å². The molecule has 0 saturated heterocycles. The molecule has 0 N–H and O–H groups in total. The van der Waals surface area contributed by atoms with Gasteiger partial charge in [0.2, 0.25) is 0 Å². The van der Waals surface area contributed by atoms with Gasteiger partial charge in [-0.1, -0.05) is 19.1 Å². The normalized spacial score (nSPS) is 10.2. The quantitative estimate of drug-likeness (QED) is 0.735. The SMILES string of the molecule is CCCOc1cc(CCC(C)=O)ccc1C. The number of rotatable bonds is 6. The van der Waals surface area contributed by atoms with Gasteiger partial charge >= 0.3 is 0 Å². The lowest BCUT2D eigenvalue weighted by molar-refractivity contribution is -0.116. The van der Waals surface area contributed by atoms with Crippen molar-refractivity contribution in [3.05, 3.63) is 29.3 Å². The average molecular weight is 220 g/mol. The van der Waals surface area contributed by atoms with E-state index in [0.717, 1.165) is 30.8 Å². The van der Waals surface area contributed by atoms with E-state index < -0.39 is 0 Å². The molecule has 0 bridgehead atoms. The summed E-state index contributed by atoms with van der Waals surface area (Å²) in [4.78, 5) is 10.9. The maximum atomic E-state index is 10.9. The summed E-state index contributed by atoms with van der Waals surface area (Å²) < 4.78 is 5.65. The zero-order chi connectivity index (χ0) is 12.0. The molecule has 1 aromatic rings. The van der Waals surface area contributed by atoms with Gasteiger partial charge in [-0.3, -0.25) is 0 Å². The van der Waals surface area contributed by atoms with E-state index >= 15 is 0 Å². The molecule has 0 aromatic heterocycles. The van der Waals surface area contributed by atoms with Crippen molar-refractivity contribution in [1.29, 1.82) is 0 Å². The summed E-state index contributed by atoms with van der Waals surface area (Å²) in [6.45, 7) is 6.51. The Hall–Kier alpha value is -1.31. The summed E-state index contributed by atoms with van der Waals surface area (Å²) in [7, 11) is 0. The van der Waals surface area contributed by atoms with Crippen molar-refractivity contribution < 1.29 is 9.53 Å². The fourth-order valence-corrected chi connectivity index (χ4v) is 1.49. The van der Waals surface area contributed by atoms with E-state index in [-0.39, 0.29) is 5.78 Å². The van der Waals surface area contributed by atoms with Gasteiger partial charge in [-0.2, -0.15) is 0 Å². The number of benzene rings is 1. The minimum Gasteiger partial charge on any atom is -0.493 e. The van der Waals surface area contributed by atoms with E-state index in [1.54, 1.807) is 6.92 Å². The van der Waals surface area contributed by atoms with Crippen molar-refractivity contribution >= 4 is 5.78 Å². The van der Waals surface area contributed by atoms with Crippen LogP contribution in [0.1, 0.15) is 37.8 Å². The van der Waals surface area contributed by atoms with E-state index in [1.165, 1.54) is 5.56 Å². The number of ketones is 1. The fourth-order valence-electron chi connectivity index (χ4n) is 1.49. The van der Waals surface area contributed by atoms with E-state index in [4.69, 9.17) is 4.74 Å². The van der Waals surface area contributed by atoms with Crippen LogP contribution in [0.4, 0.5) is 0 Å². The molecule has 88 valence electrons. The van der Waals surface area contributed by atoms with Crippen LogP contribution in [0.25, 0.3) is 0 Å². The van der Waals surface area contributed by atoms with Crippen LogP contribution in [0.5, 0.6) is 5.75 Å². The smallest absolute Gasteiger partial charge is 0.130 e. The van der Waals surface area contributed by atoms with Gasteiger partial charge in [-0.25, -0.2) is 0 Å². The number of carbonyl (C=O) groups is 1. The maximum absolute atomic E-state index is 10.9. The molecule has 2 nitrogen and oxygen atoms in total. The number of hydrogen-bond acceptors (Lipinski definition) is 2. The standard InChI is InChI=1S/C14H20O2/c1-4-9-16-14-10-13(7-5-11(14)2)8-6-12(3)15/h5,7,10H,4,6,8-9H2,1-3H3. The molecule has 0 fully saturated rings. The Balaban J connectivity index is 2.68. The first kappa shape index (κ1) is 12.8. The van der Waals surface area contributed by atoms with Gasteiger partial charge in [-0.05, 0) is 43.9 Å². The second-order valence-corrected chi connectivity index (χ2v) is 4.15. The van der Waals surface area contributed by atoms with Gasteiger partial charge in [-0.15, -0.1) is 0 Å². The second-order valence-electron chi connectivity index (χ2n) is 4.15. The molecule has 1 aromatic carbocycles. The summed E-state index contributed by atoms with van der Waals surface area (Å²) in [5.74, 6) is 1.18. The Labute approximate surface area is 97.6 Å². The van der Waals surface area contributed by atoms with Crippen LogP contribution in [0.3, 0.4) is 0 Å². The van der Waals surface area contributed by atoms with Gasteiger partial charge in [0.1, 0.15) is 11.5 Å². The van der Waals surface area contributed by atoms with E-state index in [9.17, 15) is 4.79 Å². The highest BCUT2D eigenvalue weighted by molar-refractivity contribution is 5.75. The molecule has 0 saturated carbocycles. The fraction of sp³-hybridized carbons (Fsp3) is 0.500. The largest absolute Gasteiger partial charge is 0.493 e. The van der Waals surface area contributed by atoms with Gasteiger partial charge in [0, 0.05) is 6.42 Å². The number of Topliss-reactive ketones (excluding diaryl/α,β-unsaturated/α-hetero) is 1. The van der Waals surface area contributed by atoms with Crippen LogP contribution in [0.15, 0.2) is 18.2 Å². The molecule has 0 aliphatic rings. The van der Waals surface area contributed by atoms with Crippen molar-refractivity contribution in [2.75, 3.05) is 6.61 Å². The first-order valence-corrected chi connectivity index (χ1v) is 5.85. The third-order valence-electron chi connectivity index (χ3n) is 2.48. The highest BCUT2D eigenvalue weighted by atomic mass is 16.5. The lowest BCUT2D eigenvalue weighted by Gasteiger charge is -2.09. The van der Waals surface area contributed by atoms with Crippen LogP contribution >= 0.6 is 0 Å². The molecule has 2 heteroatoms. The maximum Gasteiger partial charge on any atom is 0.130 e. The number of ether oxygens (including phenoxy) is 1. The molecule has 0 aliphatic heterocycles. The van der Waals surface area contributed by atoms with E-state index in [2.05, 4.69) is 19.1 Å². The second kappa shape index (κ2) is 6.31. The van der Waals surface area contributed by atoms with Gasteiger partial charge in [0.05, 0.1) is 6.61 Å². The number of hydrogen-bond donors (Lipinski definition) is 0. The zero-order valence-electron chi connectivity index (χ0n) is 10.4. The summed E-state index contributed by atoms with van der Waals surface area (Å²) in [5.41, 5.74) is 2.33. The molecule has 0 radical (unpaired) electrons. The van der Waals surface area contributed by atoms with E-state index in [0.29, 0.717) is 6.42 Å². The lowest BCUT2D eigenvalue weighted by Crippen LogP contribution is -1.99. The molecule has 0 unspecified atom stereocenters. The first-order chi connectivity index (χ1) is 7.63. The third kappa shape index (κ3) is 4.05. The van der Waals surface area contributed by atoms with Crippen molar-refractivity contribution in [1.82, 2.24) is 0 Å². The average Bonchev–Trinajstić information content (AvgIpc) is 2.26. The molecular formula is C14H20O2. The summed E-state index contributed by atoms with van der Waals surface area (Å²) in [6, 6.07) is 6.17. The minimum atomic E-state index is 0.233. The van der Waals surface area contributed by atoms with Crippen LogP contribution in [0, 0.1) is 6.92 Å². The Bertz CT molecular complexity index is 356. The monoisotopic (exact) mass is 220 g/mol. The third-order valence-corrected chi connectivity index (χ3v) is 2.48. The topological polar surface area (TPSA) is 26.3 Å². The van der Waals surface area contributed by atoms with Crippen LogP contribution in [-0.2, 0) is 11.2 Å². The van der Waals surface area contributed by atoms with Crippen LogP contribution in [0.2, 0.25) is 0 Å². The highest BCUT2D eigenvalue weighted by Crippen LogP contribution is 2.20. The van der Waals surface area contributed by atoms with E-state index in [1.807, 2.05) is 13.0 Å². The van der Waals surface area contributed by atoms with Gasteiger partial charge in [0.15, 0.2) is 0 Å². The molecule has 1 rings (SSSR count). The molecule has 0 heterocycles. The van der Waals surface area contributed by atoms with Crippen molar-refractivity contribution in [3.63, 3.8) is 0 Å². The van der Waals surface area contributed by atoms with Crippen molar-refractivity contribution in [2.24, 2.45) is 0 Å². The van der Waals surface area contributed by atoms with Crippen molar-refractivity contribution in [3.8, 4) is 5.75 Å². The Morgan fingerprint density at radius 2 is 2.12 bits per heavy atom. The Kier molecular flexibility index (Phi) is 5.03. The minimum absolute atomic E-state index is 0.233. The molecular weight excluding hydrogens is 200 g/mol. The Morgan fingerprint density at radius 1 is 1.38 bits per heavy atom. The first-order valence-electron chi connectivity index (χ1n) is 5.85. The zero-order valence-corrected chi connectivity index (χ0v) is 10.4. The molecule has 0 amide bonds. The summed E-state index contributed by atoms with van der Waals surface area (Å²) in [6.07, 6.45) is 2.42. The summed E-state index contributed by atoms with van der Waals surface area (Å²) >= 11 is 0. The molecule has 16 heavy (non-hydrogen) atoms. The molecule has 0 aliphatic carbocycles. The summed E-state index contributed by atoms with van der Waals surface area (Å²) in [5, 5.41) is 0. The highest BCUT2D eigenvalue weighted by Gasteiger charge is 2.02. The predicted molar refractivity (Wildman–Crippen MR) is 66.0 cm³/mol.